The molecule has 0 fully saturated rings. The van der Waals surface area contributed by atoms with Gasteiger partial charge in [-0.05, 0) is 41.8 Å². The molecule has 0 atom stereocenters. The Bertz CT molecular complexity index is 890. The molecule has 0 saturated carbocycles. The standard InChI is InChI=1S/C22H23NO5/c1-26-19-8-9-20(27-2)17(13-19)7-10-22(25)28-15-21(24)23-12-11-16-5-3-4-6-18(16)14-23/h3-10,13H,11-12,14-15H2,1-2H3. The van der Waals surface area contributed by atoms with E-state index in [1.54, 1.807) is 43.4 Å². The summed E-state index contributed by atoms with van der Waals surface area (Å²) in [5.41, 5.74) is 3.08. The van der Waals surface area contributed by atoms with Gasteiger partial charge in [0, 0.05) is 24.7 Å². The Morgan fingerprint density at radius 3 is 2.61 bits per heavy atom. The molecule has 2 aromatic carbocycles. The summed E-state index contributed by atoms with van der Waals surface area (Å²) in [5, 5.41) is 0. The highest BCUT2D eigenvalue weighted by atomic mass is 16.5. The number of benzene rings is 2. The quantitative estimate of drug-likeness (QED) is 0.569. The van der Waals surface area contributed by atoms with Crippen molar-refractivity contribution in [1.29, 1.82) is 0 Å². The van der Waals surface area contributed by atoms with E-state index >= 15 is 0 Å². The SMILES string of the molecule is COc1ccc(OC)c(C=CC(=O)OCC(=O)N2CCc3ccccc3C2)c1. The number of rotatable bonds is 6. The highest BCUT2D eigenvalue weighted by Gasteiger charge is 2.21. The molecule has 0 bridgehead atoms. The van der Waals surface area contributed by atoms with Crippen LogP contribution in [0.4, 0.5) is 0 Å². The van der Waals surface area contributed by atoms with Crippen molar-refractivity contribution >= 4 is 18.0 Å². The minimum atomic E-state index is -0.587. The van der Waals surface area contributed by atoms with E-state index in [0.29, 0.717) is 30.2 Å². The van der Waals surface area contributed by atoms with Crippen molar-refractivity contribution in [2.24, 2.45) is 0 Å². The summed E-state index contributed by atoms with van der Waals surface area (Å²) in [4.78, 5) is 26.1. The first-order chi connectivity index (χ1) is 13.6. The van der Waals surface area contributed by atoms with Gasteiger partial charge in [-0.25, -0.2) is 4.79 Å². The summed E-state index contributed by atoms with van der Waals surface area (Å²) in [6.07, 6.45) is 3.66. The number of hydrogen-bond donors (Lipinski definition) is 0. The van der Waals surface area contributed by atoms with Crippen LogP contribution in [0.2, 0.25) is 0 Å². The molecule has 28 heavy (non-hydrogen) atoms. The number of ether oxygens (including phenoxy) is 3. The Hall–Kier alpha value is -3.28. The van der Waals surface area contributed by atoms with Crippen molar-refractivity contribution < 1.29 is 23.8 Å². The first kappa shape index (κ1) is 19.5. The molecule has 0 radical (unpaired) electrons. The van der Waals surface area contributed by atoms with Crippen LogP contribution in [-0.4, -0.2) is 44.1 Å². The van der Waals surface area contributed by atoms with Crippen molar-refractivity contribution in [2.75, 3.05) is 27.4 Å². The summed E-state index contributed by atoms with van der Waals surface area (Å²) in [5.74, 6) is 0.466. The van der Waals surface area contributed by atoms with Crippen LogP contribution in [0.15, 0.2) is 48.5 Å². The predicted octanol–water partition coefficient (Wildman–Crippen LogP) is 2.85. The lowest BCUT2D eigenvalue weighted by Gasteiger charge is -2.28. The van der Waals surface area contributed by atoms with Gasteiger partial charge in [0.05, 0.1) is 14.2 Å². The highest BCUT2D eigenvalue weighted by molar-refractivity contribution is 5.89. The number of nitrogens with zero attached hydrogens (tertiary/aromatic N) is 1. The van der Waals surface area contributed by atoms with Crippen LogP contribution in [0, 0.1) is 0 Å². The van der Waals surface area contributed by atoms with Crippen LogP contribution in [-0.2, 0) is 27.3 Å². The van der Waals surface area contributed by atoms with Crippen LogP contribution in [0.3, 0.4) is 0 Å². The molecule has 3 rings (SSSR count). The van der Waals surface area contributed by atoms with E-state index in [4.69, 9.17) is 14.2 Å². The van der Waals surface area contributed by atoms with Crippen molar-refractivity contribution in [3.63, 3.8) is 0 Å². The Morgan fingerprint density at radius 2 is 1.86 bits per heavy atom. The number of methoxy groups -OCH3 is 2. The van der Waals surface area contributed by atoms with Gasteiger partial charge in [-0.2, -0.15) is 0 Å². The van der Waals surface area contributed by atoms with Gasteiger partial charge in [-0.15, -0.1) is 0 Å². The van der Waals surface area contributed by atoms with E-state index < -0.39 is 5.97 Å². The number of fused-ring (bicyclic) bond motifs is 1. The van der Waals surface area contributed by atoms with Gasteiger partial charge < -0.3 is 19.1 Å². The summed E-state index contributed by atoms with van der Waals surface area (Å²) >= 11 is 0. The van der Waals surface area contributed by atoms with Crippen LogP contribution in [0.5, 0.6) is 11.5 Å². The molecule has 1 heterocycles. The van der Waals surface area contributed by atoms with Crippen LogP contribution in [0.1, 0.15) is 16.7 Å². The lowest BCUT2D eigenvalue weighted by Crippen LogP contribution is -2.38. The maximum absolute atomic E-state index is 12.4. The third-order valence-electron chi connectivity index (χ3n) is 4.66. The van der Waals surface area contributed by atoms with Gasteiger partial charge >= 0.3 is 5.97 Å². The Balaban J connectivity index is 1.55. The summed E-state index contributed by atoms with van der Waals surface area (Å²) in [7, 11) is 3.11. The average molecular weight is 381 g/mol. The molecule has 0 aromatic heterocycles. The summed E-state index contributed by atoms with van der Waals surface area (Å²) in [6.45, 7) is 0.897. The fourth-order valence-corrected chi connectivity index (χ4v) is 3.11. The maximum Gasteiger partial charge on any atom is 0.331 e. The molecular formula is C22H23NO5. The molecule has 0 spiro atoms. The number of esters is 1. The fraction of sp³-hybridized carbons (Fsp3) is 0.273. The third-order valence-corrected chi connectivity index (χ3v) is 4.66. The van der Waals surface area contributed by atoms with Crippen LogP contribution < -0.4 is 9.47 Å². The van der Waals surface area contributed by atoms with Gasteiger partial charge in [-0.3, -0.25) is 4.79 Å². The summed E-state index contributed by atoms with van der Waals surface area (Å²) < 4.78 is 15.5. The van der Waals surface area contributed by atoms with Crippen molar-refractivity contribution in [2.45, 2.75) is 13.0 Å². The highest BCUT2D eigenvalue weighted by Crippen LogP contribution is 2.25. The van der Waals surface area contributed by atoms with Crippen molar-refractivity contribution in [3.05, 3.63) is 65.2 Å². The molecule has 0 aliphatic carbocycles. The molecule has 6 nitrogen and oxygen atoms in total. The first-order valence-corrected chi connectivity index (χ1v) is 9.02. The molecule has 0 N–H and O–H groups in total. The molecular weight excluding hydrogens is 358 g/mol. The average Bonchev–Trinajstić information content (AvgIpc) is 2.75. The van der Waals surface area contributed by atoms with E-state index in [1.807, 2.05) is 18.2 Å². The van der Waals surface area contributed by atoms with E-state index in [2.05, 4.69) is 6.07 Å². The van der Waals surface area contributed by atoms with Gasteiger partial charge in [0.25, 0.3) is 5.91 Å². The smallest absolute Gasteiger partial charge is 0.331 e. The predicted molar refractivity (Wildman–Crippen MR) is 105 cm³/mol. The van der Waals surface area contributed by atoms with E-state index in [9.17, 15) is 9.59 Å². The van der Waals surface area contributed by atoms with E-state index in [0.717, 1.165) is 12.0 Å². The monoisotopic (exact) mass is 381 g/mol. The molecule has 1 amide bonds. The minimum absolute atomic E-state index is 0.199. The largest absolute Gasteiger partial charge is 0.497 e. The zero-order chi connectivity index (χ0) is 19.9. The number of amides is 1. The molecule has 1 aliphatic heterocycles. The second-order valence-corrected chi connectivity index (χ2v) is 6.38. The number of carbonyl (C=O) groups is 2. The molecule has 1 aliphatic rings. The van der Waals surface area contributed by atoms with Gasteiger partial charge in [0.15, 0.2) is 6.61 Å². The molecule has 2 aromatic rings. The molecule has 6 heteroatoms. The van der Waals surface area contributed by atoms with Crippen LogP contribution in [0.25, 0.3) is 6.08 Å². The third kappa shape index (κ3) is 4.71. The van der Waals surface area contributed by atoms with E-state index in [-0.39, 0.29) is 12.5 Å². The Kier molecular flexibility index (Phi) is 6.32. The molecule has 0 saturated heterocycles. The Labute approximate surface area is 164 Å². The summed E-state index contributed by atoms with van der Waals surface area (Å²) in [6, 6.07) is 13.3. The fourth-order valence-electron chi connectivity index (χ4n) is 3.11. The van der Waals surface area contributed by atoms with Crippen molar-refractivity contribution in [3.8, 4) is 11.5 Å². The normalized spacial score (nSPS) is 13.1. The second kappa shape index (κ2) is 9.08. The van der Waals surface area contributed by atoms with Crippen molar-refractivity contribution in [1.82, 2.24) is 4.90 Å². The van der Waals surface area contributed by atoms with Gasteiger partial charge in [0.2, 0.25) is 0 Å². The topological polar surface area (TPSA) is 65.1 Å². The van der Waals surface area contributed by atoms with Crippen LogP contribution >= 0.6 is 0 Å². The zero-order valence-electron chi connectivity index (χ0n) is 16.0. The molecule has 146 valence electrons. The second-order valence-electron chi connectivity index (χ2n) is 6.38. The first-order valence-electron chi connectivity index (χ1n) is 9.02. The maximum atomic E-state index is 12.4. The minimum Gasteiger partial charge on any atom is -0.497 e. The number of carbonyl (C=O) groups excluding carboxylic acids is 2. The lowest BCUT2D eigenvalue weighted by molar-refractivity contribution is -0.148. The van der Waals surface area contributed by atoms with Gasteiger partial charge in [0.1, 0.15) is 11.5 Å². The van der Waals surface area contributed by atoms with Gasteiger partial charge in [-0.1, -0.05) is 24.3 Å². The zero-order valence-corrected chi connectivity index (χ0v) is 16.0. The lowest BCUT2D eigenvalue weighted by atomic mass is 10.00. The number of hydrogen-bond acceptors (Lipinski definition) is 5. The molecule has 0 unspecified atom stereocenters. The Morgan fingerprint density at radius 1 is 1.07 bits per heavy atom. The van der Waals surface area contributed by atoms with E-state index in [1.165, 1.54) is 11.6 Å².